The van der Waals surface area contributed by atoms with E-state index < -0.39 is 5.97 Å². The van der Waals surface area contributed by atoms with Crippen molar-refractivity contribution in [2.75, 3.05) is 13.7 Å². The Kier molecular flexibility index (Phi) is 7.46. The molecule has 0 radical (unpaired) electrons. The Balaban J connectivity index is 1.90. The van der Waals surface area contributed by atoms with Gasteiger partial charge in [0.2, 0.25) is 0 Å². The number of fused-ring (bicyclic) bond motifs is 1. The number of carbonyl (C=O) groups is 1. The summed E-state index contributed by atoms with van der Waals surface area (Å²) < 4.78 is 12.5. The van der Waals surface area contributed by atoms with Crippen molar-refractivity contribution in [1.82, 2.24) is 4.98 Å². The van der Waals surface area contributed by atoms with Crippen LogP contribution in [0.5, 0.6) is 11.5 Å². The molecule has 5 nitrogen and oxygen atoms in total. The molecule has 2 aromatic carbocycles. The van der Waals surface area contributed by atoms with Crippen molar-refractivity contribution in [1.29, 1.82) is 0 Å². The first-order chi connectivity index (χ1) is 14.5. The molecule has 0 aliphatic heterocycles. The molecule has 3 rings (SSSR count). The Labute approximate surface area is 181 Å². The van der Waals surface area contributed by atoms with Gasteiger partial charge in [0, 0.05) is 6.42 Å². The van der Waals surface area contributed by atoms with Gasteiger partial charge in [-0.25, -0.2) is 4.98 Å². The first-order valence-corrected chi connectivity index (χ1v) is 10.9. The predicted octanol–water partition coefficient (Wildman–Crippen LogP) is 6.14. The van der Waals surface area contributed by atoms with Crippen LogP contribution in [0.25, 0.3) is 21.9 Å². The summed E-state index contributed by atoms with van der Waals surface area (Å²) in [4.78, 5) is 15.9. The minimum atomic E-state index is -0.825. The minimum Gasteiger partial charge on any atom is -0.493 e. The van der Waals surface area contributed by atoms with Crippen LogP contribution in [-0.4, -0.2) is 29.8 Å². The smallest absolute Gasteiger partial charge is 0.303 e. The topological polar surface area (TPSA) is 68.7 Å². The van der Waals surface area contributed by atoms with Gasteiger partial charge >= 0.3 is 5.97 Å². The van der Waals surface area contributed by atoms with Crippen LogP contribution in [0, 0.1) is 5.92 Å². The van der Waals surface area contributed by atoms with Gasteiger partial charge in [-0.15, -0.1) is 11.3 Å². The highest BCUT2D eigenvalue weighted by Crippen LogP contribution is 2.33. The summed E-state index contributed by atoms with van der Waals surface area (Å²) in [5, 5.41) is 10.0. The lowest BCUT2D eigenvalue weighted by molar-refractivity contribution is -0.136. The molecule has 0 aliphatic carbocycles. The third-order valence-electron chi connectivity index (χ3n) is 4.66. The highest BCUT2D eigenvalue weighted by Gasteiger charge is 2.12. The molecular formula is C24H27NO4S. The summed E-state index contributed by atoms with van der Waals surface area (Å²) in [5.41, 5.74) is 2.74. The molecule has 0 atom stereocenters. The van der Waals surface area contributed by atoms with Crippen molar-refractivity contribution >= 4 is 39.2 Å². The number of benzene rings is 2. The maximum absolute atomic E-state index is 11.2. The Hall–Kier alpha value is -2.86. The molecule has 158 valence electrons. The SMILES string of the molecule is COc1cc(C=C(CCC(=O)O)c2nc3ccccc3s2)ccc1OCCC(C)C. The van der Waals surface area contributed by atoms with Gasteiger partial charge in [-0.1, -0.05) is 32.0 Å². The van der Waals surface area contributed by atoms with Gasteiger partial charge in [0.15, 0.2) is 11.5 Å². The third-order valence-corrected chi connectivity index (χ3v) is 5.77. The molecule has 0 unspecified atom stereocenters. The molecule has 1 heterocycles. The number of hydrogen-bond acceptors (Lipinski definition) is 5. The van der Waals surface area contributed by atoms with Crippen LogP contribution in [0.3, 0.4) is 0 Å². The number of nitrogens with zero attached hydrogens (tertiary/aromatic N) is 1. The fraction of sp³-hybridized carbons (Fsp3) is 0.333. The second kappa shape index (κ2) is 10.3. The molecule has 3 aromatic rings. The largest absolute Gasteiger partial charge is 0.493 e. The van der Waals surface area contributed by atoms with Crippen molar-refractivity contribution in [2.24, 2.45) is 5.92 Å². The number of carboxylic acids is 1. The van der Waals surface area contributed by atoms with Crippen LogP contribution in [-0.2, 0) is 4.79 Å². The van der Waals surface area contributed by atoms with Gasteiger partial charge in [-0.05, 0) is 60.2 Å². The molecule has 0 aliphatic rings. The van der Waals surface area contributed by atoms with E-state index in [0.717, 1.165) is 32.8 Å². The lowest BCUT2D eigenvalue weighted by Crippen LogP contribution is -2.02. The van der Waals surface area contributed by atoms with Crippen LogP contribution in [0.4, 0.5) is 0 Å². The number of carboxylic acid groups (broad SMARTS) is 1. The summed E-state index contributed by atoms with van der Waals surface area (Å²) >= 11 is 1.57. The number of aromatic nitrogens is 1. The van der Waals surface area contributed by atoms with Gasteiger partial charge in [0.05, 0.1) is 23.9 Å². The van der Waals surface area contributed by atoms with Crippen LogP contribution < -0.4 is 9.47 Å². The molecule has 6 heteroatoms. The lowest BCUT2D eigenvalue weighted by Gasteiger charge is -2.12. The van der Waals surface area contributed by atoms with E-state index in [1.165, 1.54) is 0 Å². The standard InChI is InChI=1S/C24H27NO4S/c1-16(2)12-13-29-20-10-8-17(15-21(20)28-3)14-18(9-11-23(26)27)24-25-19-6-4-5-7-22(19)30-24/h4-8,10,14-16H,9,11-13H2,1-3H3,(H,26,27). The average Bonchev–Trinajstić information content (AvgIpc) is 3.15. The van der Waals surface area contributed by atoms with E-state index in [2.05, 4.69) is 13.8 Å². The Bertz CT molecular complexity index is 1010. The molecule has 0 fully saturated rings. The zero-order valence-electron chi connectivity index (χ0n) is 17.6. The predicted molar refractivity (Wildman–Crippen MR) is 122 cm³/mol. The molecule has 30 heavy (non-hydrogen) atoms. The van der Waals surface area contributed by atoms with Crippen molar-refractivity contribution in [3.05, 3.63) is 53.0 Å². The fourth-order valence-electron chi connectivity index (χ4n) is 2.99. The normalized spacial score (nSPS) is 11.8. The number of rotatable bonds is 10. The van der Waals surface area contributed by atoms with Gasteiger partial charge in [0.1, 0.15) is 5.01 Å². The van der Waals surface area contributed by atoms with Gasteiger partial charge < -0.3 is 14.6 Å². The summed E-state index contributed by atoms with van der Waals surface area (Å²) in [6, 6.07) is 13.7. The molecule has 0 amide bonds. The van der Waals surface area contributed by atoms with Crippen LogP contribution >= 0.6 is 11.3 Å². The molecule has 0 saturated heterocycles. The Morgan fingerprint density at radius 1 is 1.17 bits per heavy atom. The summed E-state index contributed by atoms with van der Waals surface area (Å²) in [6.07, 6.45) is 3.42. The minimum absolute atomic E-state index is 0.0509. The Morgan fingerprint density at radius 3 is 2.67 bits per heavy atom. The molecule has 1 N–H and O–H groups in total. The lowest BCUT2D eigenvalue weighted by atomic mass is 10.1. The maximum Gasteiger partial charge on any atom is 0.303 e. The molecule has 1 aromatic heterocycles. The fourth-order valence-corrected chi connectivity index (χ4v) is 4.00. The number of methoxy groups -OCH3 is 1. The summed E-state index contributed by atoms with van der Waals surface area (Å²) in [5.74, 6) is 1.12. The van der Waals surface area contributed by atoms with Crippen LogP contribution in [0.2, 0.25) is 0 Å². The van der Waals surface area contributed by atoms with Gasteiger partial charge in [0.25, 0.3) is 0 Å². The second-order valence-corrected chi connectivity index (χ2v) is 8.52. The monoisotopic (exact) mass is 425 g/mol. The summed E-state index contributed by atoms with van der Waals surface area (Å²) in [6.45, 7) is 4.96. The van der Waals surface area contributed by atoms with E-state index in [9.17, 15) is 9.90 Å². The maximum atomic E-state index is 11.2. The second-order valence-electron chi connectivity index (χ2n) is 7.49. The van der Waals surface area contributed by atoms with Crippen molar-refractivity contribution < 1.29 is 19.4 Å². The number of ether oxygens (including phenoxy) is 2. The van der Waals surface area contributed by atoms with Crippen LogP contribution in [0.15, 0.2) is 42.5 Å². The molecular weight excluding hydrogens is 398 g/mol. The van der Waals surface area contributed by atoms with E-state index in [4.69, 9.17) is 14.5 Å². The van der Waals surface area contributed by atoms with Gasteiger partial charge in [-0.3, -0.25) is 4.79 Å². The molecule has 0 bridgehead atoms. The van der Waals surface area contributed by atoms with Crippen molar-refractivity contribution in [2.45, 2.75) is 33.1 Å². The third kappa shape index (κ3) is 5.83. The first-order valence-electron chi connectivity index (χ1n) is 10.1. The van der Waals surface area contributed by atoms with E-state index >= 15 is 0 Å². The zero-order valence-corrected chi connectivity index (χ0v) is 18.4. The number of hydrogen-bond donors (Lipinski definition) is 1. The van der Waals surface area contributed by atoms with E-state index in [-0.39, 0.29) is 6.42 Å². The number of thiazole rings is 1. The van der Waals surface area contributed by atoms with Gasteiger partial charge in [-0.2, -0.15) is 0 Å². The zero-order chi connectivity index (χ0) is 21.5. The highest BCUT2D eigenvalue weighted by atomic mass is 32.1. The number of para-hydroxylation sites is 1. The quantitative estimate of drug-likeness (QED) is 0.423. The first kappa shape index (κ1) is 21.8. The summed E-state index contributed by atoms with van der Waals surface area (Å²) in [7, 11) is 1.62. The average molecular weight is 426 g/mol. The van der Waals surface area contributed by atoms with E-state index in [1.807, 2.05) is 48.5 Å². The van der Waals surface area contributed by atoms with Crippen LogP contribution in [0.1, 0.15) is 43.7 Å². The van der Waals surface area contributed by atoms with E-state index in [0.29, 0.717) is 30.4 Å². The highest BCUT2D eigenvalue weighted by molar-refractivity contribution is 7.19. The van der Waals surface area contributed by atoms with E-state index in [1.54, 1.807) is 18.4 Å². The van der Waals surface area contributed by atoms with Crippen molar-refractivity contribution in [3.63, 3.8) is 0 Å². The molecule has 0 saturated carbocycles. The van der Waals surface area contributed by atoms with Crippen molar-refractivity contribution in [3.8, 4) is 11.5 Å². The number of aliphatic carboxylic acids is 1. The Morgan fingerprint density at radius 2 is 1.97 bits per heavy atom. The number of allylic oxidation sites excluding steroid dienone is 1. The molecule has 0 spiro atoms.